The Kier molecular flexibility index (Phi) is 2.94. The molecule has 1 aromatic carbocycles. The number of rotatable bonds is 3. The Balaban J connectivity index is 2.94. The van der Waals surface area contributed by atoms with E-state index < -0.39 is 0 Å². The molecule has 0 radical (unpaired) electrons. The van der Waals surface area contributed by atoms with Gasteiger partial charge in [-0.1, -0.05) is 23.4 Å². The van der Waals surface area contributed by atoms with E-state index in [2.05, 4.69) is 5.18 Å². The molecule has 0 aromatic heterocycles. The van der Waals surface area contributed by atoms with Crippen molar-refractivity contribution in [3.63, 3.8) is 0 Å². The van der Waals surface area contributed by atoms with E-state index >= 15 is 0 Å². The van der Waals surface area contributed by atoms with Gasteiger partial charge >= 0.3 is 0 Å². The maximum absolute atomic E-state index is 10.0. The Morgan fingerprint density at radius 2 is 2.25 bits per heavy atom. The van der Waals surface area contributed by atoms with Crippen LogP contribution in [0.3, 0.4) is 0 Å². The summed E-state index contributed by atoms with van der Waals surface area (Å²) in [6.07, 6.45) is 0. The number of nitrogens with two attached hydrogens (primary N) is 1. The molecular formula is C9H12N2O. The molecule has 0 spiro atoms. The van der Waals surface area contributed by atoms with Crippen molar-refractivity contribution in [1.29, 1.82) is 0 Å². The van der Waals surface area contributed by atoms with Crippen molar-refractivity contribution in [2.75, 3.05) is 0 Å². The van der Waals surface area contributed by atoms with Crippen LogP contribution in [0.15, 0.2) is 23.4 Å². The summed E-state index contributed by atoms with van der Waals surface area (Å²) in [5, 5.41) is 2.84. The molecule has 0 fully saturated rings. The van der Waals surface area contributed by atoms with E-state index in [1.807, 2.05) is 25.1 Å². The van der Waals surface area contributed by atoms with Gasteiger partial charge in [0.2, 0.25) is 0 Å². The normalized spacial score (nSPS) is 9.83. The first-order valence-corrected chi connectivity index (χ1v) is 3.85. The van der Waals surface area contributed by atoms with Crippen LogP contribution >= 0.6 is 0 Å². The molecule has 0 aliphatic heterocycles. The van der Waals surface area contributed by atoms with Gasteiger partial charge in [0.25, 0.3) is 0 Å². The van der Waals surface area contributed by atoms with E-state index in [-0.39, 0.29) is 6.54 Å². The summed E-state index contributed by atoms with van der Waals surface area (Å²) in [7, 11) is 0. The molecule has 0 atom stereocenters. The van der Waals surface area contributed by atoms with E-state index in [1.165, 1.54) is 0 Å². The second kappa shape index (κ2) is 3.97. The molecule has 0 saturated carbocycles. The van der Waals surface area contributed by atoms with Crippen molar-refractivity contribution in [2.24, 2.45) is 10.9 Å². The molecule has 0 saturated heterocycles. The highest BCUT2D eigenvalue weighted by atomic mass is 16.3. The van der Waals surface area contributed by atoms with Gasteiger partial charge in [0, 0.05) is 6.54 Å². The fourth-order valence-electron chi connectivity index (χ4n) is 1.13. The van der Waals surface area contributed by atoms with Crippen LogP contribution in [0.5, 0.6) is 0 Å². The lowest BCUT2D eigenvalue weighted by molar-refractivity contribution is 1.01. The first-order chi connectivity index (χ1) is 5.77. The van der Waals surface area contributed by atoms with Crippen molar-refractivity contribution in [1.82, 2.24) is 0 Å². The minimum Gasteiger partial charge on any atom is -0.326 e. The third kappa shape index (κ3) is 1.89. The fraction of sp³-hybridized carbons (Fsp3) is 0.333. The fourth-order valence-corrected chi connectivity index (χ4v) is 1.13. The Hall–Kier alpha value is -1.22. The molecule has 0 aliphatic carbocycles. The van der Waals surface area contributed by atoms with Crippen LogP contribution in [0.25, 0.3) is 0 Å². The Labute approximate surface area is 71.6 Å². The van der Waals surface area contributed by atoms with E-state index in [1.54, 1.807) is 0 Å². The SMILES string of the molecule is Cc1cc(CN)ccc1CN=O. The first-order valence-electron chi connectivity index (χ1n) is 3.85. The molecule has 3 heteroatoms. The zero-order chi connectivity index (χ0) is 8.97. The zero-order valence-corrected chi connectivity index (χ0v) is 7.08. The summed E-state index contributed by atoms with van der Waals surface area (Å²) >= 11 is 0. The monoisotopic (exact) mass is 164 g/mol. The molecule has 2 N–H and O–H groups in total. The minimum atomic E-state index is 0.247. The van der Waals surface area contributed by atoms with Gasteiger partial charge in [0.1, 0.15) is 6.54 Å². The highest BCUT2D eigenvalue weighted by Crippen LogP contribution is 2.11. The lowest BCUT2D eigenvalue weighted by Crippen LogP contribution is -1.97. The lowest BCUT2D eigenvalue weighted by atomic mass is 10.1. The molecule has 3 nitrogen and oxygen atoms in total. The Bertz CT molecular complexity index is 284. The summed E-state index contributed by atoms with van der Waals surface area (Å²) in [5.74, 6) is 0. The van der Waals surface area contributed by atoms with E-state index in [9.17, 15) is 4.91 Å². The summed E-state index contributed by atoms with van der Waals surface area (Å²) in [6.45, 7) is 2.74. The topological polar surface area (TPSA) is 55.4 Å². The van der Waals surface area contributed by atoms with Gasteiger partial charge in [-0.15, -0.1) is 0 Å². The van der Waals surface area contributed by atoms with Crippen LogP contribution in [0, 0.1) is 11.8 Å². The van der Waals surface area contributed by atoms with Crippen molar-refractivity contribution < 1.29 is 0 Å². The van der Waals surface area contributed by atoms with Crippen LogP contribution in [-0.2, 0) is 13.1 Å². The molecule has 0 aliphatic rings. The number of nitrogens with zero attached hydrogens (tertiary/aromatic N) is 1. The van der Waals surface area contributed by atoms with E-state index in [0.717, 1.165) is 16.7 Å². The van der Waals surface area contributed by atoms with Crippen molar-refractivity contribution >= 4 is 0 Å². The van der Waals surface area contributed by atoms with Crippen LogP contribution in [0.4, 0.5) is 0 Å². The van der Waals surface area contributed by atoms with Gasteiger partial charge in [0.05, 0.1) is 0 Å². The van der Waals surface area contributed by atoms with Crippen molar-refractivity contribution in [3.05, 3.63) is 39.8 Å². The maximum atomic E-state index is 10.0. The van der Waals surface area contributed by atoms with Crippen LogP contribution < -0.4 is 5.73 Å². The summed E-state index contributed by atoms with van der Waals surface area (Å²) < 4.78 is 0. The smallest absolute Gasteiger partial charge is 0.106 e. The maximum Gasteiger partial charge on any atom is 0.106 e. The second-order valence-corrected chi connectivity index (χ2v) is 2.75. The zero-order valence-electron chi connectivity index (χ0n) is 7.08. The van der Waals surface area contributed by atoms with Crippen molar-refractivity contribution in [3.8, 4) is 0 Å². The molecule has 0 unspecified atom stereocenters. The molecule has 0 heterocycles. The summed E-state index contributed by atoms with van der Waals surface area (Å²) in [5.41, 5.74) is 8.60. The molecule has 0 amide bonds. The first kappa shape index (κ1) is 8.87. The Morgan fingerprint density at radius 3 is 2.75 bits per heavy atom. The minimum absolute atomic E-state index is 0.247. The van der Waals surface area contributed by atoms with Gasteiger partial charge in [-0.2, -0.15) is 4.91 Å². The quantitative estimate of drug-likeness (QED) is 0.691. The number of hydrogen-bond donors (Lipinski definition) is 1. The van der Waals surface area contributed by atoms with Gasteiger partial charge in [0.15, 0.2) is 0 Å². The molecule has 1 aromatic rings. The lowest BCUT2D eigenvalue weighted by Gasteiger charge is -2.03. The summed E-state index contributed by atoms with van der Waals surface area (Å²) in [4.78, 5) is 10.0. The molecular weight excluding hydrogens is 152 g/mol. The molecule has 1 rings (SSSR count). The van der Waals surface area contributed by atoms with Crippen LogP contribution in [0.2, 0.25) is 0 Å². The highest BCUT2D eigenvalue weighted by molar-refractivity contribution is 5.30. The third-order valence-electron chi connectivity index (χ3n) is 1.88. The number of aryl methyl sites for hydroxylation is 1. The third-order valence-corrected chi connectivity index (χ3v) is 1.88. The van der Waals surface area contributed by atoms with Crippen LogP contribution in [0.1, 0.15) is 16.7 Å². The number of hydrogen-bond acceptors (Lipinski definition) is 3. The average Bonchev–Trinajstić information content (AvgIpc) is 2.09. The standard InChI is InChI=1S/C9H12N2O/c1-7-4-8(5-10)2-3-9(7)6-11-12/h2-4H,5-6,10H2,1H3. The molecule has 12 heavy (non-hydrogen) atoms. The van der Waals surface area contributed by atoms with Gasteiger partial charge < -0.3 is 5.73 Å². The van der Waals surface area contributed by atoms with Crippen LogP contribution in [-0.4, -0.2) is 0 Å². The highest BCUT2D eigenvalue weighted by Gasteiger charge is 1.98. The predicted octanol–water partition coefficient (Wildman–Crippen LogP) is 1.72. The largest absolute Gasteiger partial charge is 0.326 e. The number of benzene rings is 1. The molecule has 0 bridgehead atoms. The second-order valence-electron chi connectivity index (χ2n) is 2.75. The molecule has 64 valence electrons. The summed E-state index contributed by atoms with van der Waals surface area (Å²) in [6, 6.07) is 5.81. The average molecular weight is 164 g/mol. The number of nitroso groups, excluding NO2 is 1. The van der Waals surface area contributed by atoms with Crippen molar-refractivity contribution in [2.45, 2.75) is 20.0 Å². The van der Waals surface area contributed by atoms with E-state index in [0.29, 0.717) is 6.54 Å². The van der Waals surface area contributed by atoms with Gasteiger partial charge in [-0.05, 0) is 23.6 Å². The van der Waals surface area contributed by atoms with Gasteiger partial charge in [-0.3, -0.25) is 0 Å². The van der Waals surface area contributed by atoms with E-state index in [4.69, 9.17) is 5.73 Å². The predicted molar refractivity (Wildman–Crippen MR) is 48.6 cm³/mol. The Morgan fingerprint density at radius 1 is 1.50 bits per heavy atom. The van der Waals surface area contributed by atoms with Gasteiger partial charge in [-0.25, -0.2) is 0 Å².